The van der Waals surface area contributed by atoms with Crippen LogP contribution in [-0.2, 0) is 35.2 Å². The molecule has 4 unspecified atom stereocenters. The molecule has 8 heterocycles. The average Bonchev–Trinajstić information content (AvgIpc) is 1.69. The lowest BCUT2D eigenvalue weighted by molar-refractivity contribution is -0.137. The number of fused-ring (bicyclic) bond motifs is 12. The summed E-state index contributed by atoms with van der Waals surface area (Å²) in [6, 6.07) is 51.4. The van der Waals surface area contributed by atoms with Gasteiger partial charge in [-0.05, 0) is 218 Å². The smallest absolute Gasteiger partial charge is 0.249 e. The molecule has 0 spiro atoms. The van der Waals surface area contributed by atoms with Gasteiger partial charge in [-0.3, -0.25) is 4.79 Å². The van der Waals surface area contributed by atoms with Crippen molar-refractivity contribution in [2.75, 3.05) is 47.0 Å². The van der Waals surface area contributed by atoms with Gasteiger partial charge in [0.15, 0.2) is 16.7 Å². The number of aromatic nitrogens is 4. The summed E-state index contributed by atoms with van der Waals surface area (Å²) in [4.78, 5) is 31.0. The number of thiocarbonyl (C=S) groups is 1. The van der Waals surface area contributed by atoms with Crippen molar-refractivity contribution in [2.24, 2.45) is 0 Å². The molecule has 0 bridgehead atoms. The number of carbonyl (C=O) groups is 1. The van der Waals surface area contributed by atoms with E-state index in [0.717, 1.165) is 141 Å². The summed E-state index contributed by atoms with van der Waals surface area (Å²) in [5, 5.41) is 17.3. The Hall–Kier alpha value is -7.43. The molecule has 4 aliphatic heterocycles. The highest BCUT2D eigenvalue weighted by Gasteiger charge is 2.36. The van der Waals surface area contributed by atoms with Crippen LogP contribution in [-0.4, -0.2) is 93.8 Å². The number of methoxy groups -OCH3 is 2. The largest absolute Gasteiger partial charge is 0.497 e. The highest BCUT2D eigenvalue weighted by Crippen LogP contribution is 2.43. The highest BCUT2D eigenvalue weighted by molar-refractivity contribution is 9.11. The fraction of sp³-hybridized carbons (Fsp3) is 0.237. The first kappa shape index (κ1) is 68.1. The summed E-state index contributed by atoms with van der Waals surface area (Å²) >= 11 is 28.9. The van der Waals surface area contributed by atoms with Gasteiger partial charge in [-0.15, -0.1) is 0 Å². The summed E-state index contributed by atoms with van der Waals surface area (Å²) in [7, 11) is 3.20. The van der Waals surface area contributed by atoms with E-state index in [0.29, 0.717) is 6.54 Å². The number of aromatic amines is 4. The molecule has 12 nitrogen and oxygen atoms in total. The number of ether oxygens (including phenoxy) is 2. The van der Waals surface area contributed by atoms with Crippen LogP contribution in [0.1, 0.15) is 105 Å². The number of nitrogens with one attached hydrogen (secondary N) is 7. The highest BCUT2D eigenvalue weighted by atomic mass is 79.9. The maximum absolute atomic E-state index is 13.5. The van der Waals surface area contributed by atoms with E-state index in [2.05, 4.69) is 145 Å². The lowest BCUT2D eigenvalue weighted by atomic mass is 9.92. The van der Waals surface area contributed by atoms with E-state index >= 15 is 0 Å². The molecular weight excluding hydrogens is 1490 g/mol. The van der Waals surface area contributed by atoms with Crippen molar-refractivity contribution in [2.45, 2.75) is 69.7 Å². The fourth-order valence-electron chi connectivity index (χ4n) is 14.0. The zero-order chi connectivity index (χ0) is 67.8. The van der Waals surface area contributed by atoms with Crippen molar-refractivity contribution in [3.8, 4) is 5.75 Å². The van der Waals surface area contributed by atoms with E-state index in [9.17, 15) is 18.0 Å². The number of amides is 1. The number of halogens is 8. The van der Waals surface area contributed by atoms with Gasteiger partial charge in [0.25, 0.3) is 0 Å². The maximum Gasteiger partial charge on any atom is 0.249 e. The predicted octanol–water partition coefficient (Wildman–Crippen LogP) is 18.5. The monoisotopic (exact) mass is 1550 g/mol. The first-order valence-corrected chi connectivity index (χ1v) is 35.6. The number of carbonyl (C=O) groups excluding carboxylic acids is 1. The summed E-state index contributed by atoms with van der Waals surface area (Å²) in [6.07, 6.45) is 3.62. The van der Waals surface area contributed by atoms with E-state index < -0.39 is 11.6 Å². The molecule has 4 atom stereocenters. The molecule has 4 aliphatic rings. The molecule has 0 saturated heterocycles. The van der Waals surface area contributed by atoms with Crippen LogP contribution in [0.2, 0.25) is 10.0 Å². The molecule has 8 aromatic carbocycles. The topological polar surface area (TPSA) is 141 Å². The molecule has 0 saturated carbocycles. The molecule has 7 N–H and O–H groups in total. The Morgan fingerprint density at radius 2 is 1.01 bits per heavy atom. The number of rotatable bonds is 8. The van der Waals surface area contributed by atoms with Crippen LogP contribution in [0.4, 0.5) is 13.2 Å². The molecule has 97 heavy (non-hydrogen) atoms. The summed E-state index contributed by atoms with van der Waals surface area (Å²) < 4.78 is 53.8. The molecule has 21 heteroatoms. The van der Waals surface area contributed by atoms with E-state index in [1.807, 2.05) is 89.8 Å². The third-order valence-corrected chi connectivity index (χ3v) is 20.6. The average molecular weight is 1560 g/mol. The minimum Gasteiger partial charge on any atom is -0.497 e. The second kappa shape index (κ2) is 29.6. The Balaban J connectivity index is 0.000000117. The zero-order valence-corrected chi connectivity index (χ0v) is 60.5. The standard InChI is InChI=1S/C21H21BrClN3S.C21H21BrN2O3.C17H13BrF2N2.C17H14ClFN2/c1-12(2)24-21(27)26-9-8-16-17-11-14(22)6-7-18(17)25-19(16)20(26)13-4-3-5-15(23)10-13;1-26-12-19(25)24-10-9-16-17-11-14(22)5-8-18(17)23-20(16)21(24)13-3-6-15(27-2)7-4-13;18-10-2-4-15-12(8-10)11-5-6-21-16(17(11)22-15)9-1-3-13(19)14(20)7-9;18-11-4-5-15-14(9-11)13-6-7-20-16(17(13)21-15)10-2-1-3-12(19)8-10/h3-7,10-12,20,25H,8-9H2,1-2H3,(H,24,27);3-8,11,21,23H,9-10,12H2,1-2H3;1-4,7-8,16,21-22H,5-6H2;1-5,8-9,16,20-21H,6-7H2. The van der Waals surface area contributed by atoms with Crippen LogP contribution in [0.5, 0.6) is 5.75 Å². The van der Waals surface area contributed by atoms with Crippen molar-refractivity contribution < 1.29 is 27.4 Å². The van der Waals surface area contributed by atoms with Crippen molar-refractivity contribution in [3.63, 3.8) is 0 Å². The molecule has 1 amide bonds. The maximum atomic E-state index is 13.5. The van der Waals surface area contributed by atoms with Crippen LogP contribution < -0.4 is 20.7 Å². The minimum absolute atomic E-state index is 0.00405. The van der Waals surface area contributed by atoms with E-state index in [1.54, 1.807) is 32.4 Å². The number of nitrogens with zero attached hydrogens (tertiary/aromatic N) is 2. The Labute approximate surface area is 600 Å². The second-order valence-corrected chi connectivity index (χ2v) is 28.8. The molecule has 12 aromatic rings. The van der Waals surface area contributed by atoms with Gasteiger partial charge in [-0.1, -0.05) is 113 Å². The van der Waals surface area contributed by atoms with Gasteiger partial charge in [0.05, 0.1) is 31.3 Å². The van der Waals surface area contributed by atoms with Gasteiger partial charge >= 0.3 is 0 Å². The summed E-state index contributed by atoms with van der Waals surface area (Å²) in [6.45, 7) is 7.48. The lowest BCUT2D eigenvalue weighted by Crippen LogP contribution is -2.47. The van der Waals surface area contributed by atoms with E-state index in [-0.39, 0.29) is 48.5 Å². The lowest BCUT2D eigenvalue weighted by Gasteiger charge is -2.38. The summed E-state index contributed by atoms with van der Waals surface area (Å²) in [5.41, 5.74) is 17.8. The number of H-pyrrole nitrogens is 4. The minimum atomic E-state index is -0.819. The molecular formula is C76H69Br3Cl2F3N9O3S. The van der Waals surface area contributed by atoms with Crippen molar-refractivity contribution in [1.29, 1.82) is 0 Å². The quantitative estimate of drug-likeness (QED) is 0.0746. The first-order chi connectivity index (χ1) is 46.9. The molecule has 0 radical (unpaired) electrons. The van der Waals surface area contributed by atoms with Gasteiger partial charge in [0.2, 0.25) is 5.91 Å². The van der Waals surface area contributed by atoms with Crippen LogP contribution in [0.15, 0.2) is 177 Å². The molecule has 498 valence electrons. The Morgan fingerprint density at radius 1 is 0.536 bits per heavy atom. The predicted molar refractivity (Wildman–Crippen MR) is 398 cm³/mol. The number of hydrogen-bond donors (Lipinski definition) is 7. The molecule has 0 aliphatic carbocycles. The summed E-state index contributed by atoms with van der Waals surface area (Å²) in [5.74, 6) is -1.06. The van der Waals surface area contributed by atoms with Crippen LogP contribution in [0.25, 0.3) is 43.6 Å². The Kier molecular flexibility index (Phi) is 20.8. The van der Waals surface area contributed by atoms with Crippen LogP contribution in [0.3, 0.4) is 0 Å². The van der Waals surface area contributed by atoms with Gasteiger partial charge in [-0.25, -0.2) is 13.2 Å². The first-order valence-electron chi connectivity index (χ1n) is 32.0. The van der Waals surface area contributed by atoms with E-state index in [1.165, 1.54) is 67.7 Å². The van der Waals surface area contributed by atoms with Crippen molar-refractivity contribution >= 4 is 138 Å². The van der Waals surface area contributed by atoms with Gasteiger partial charge in [-0.2, -0.15) is 0 Å². The fourth-order valence-corrected chi connectivity index (χ4v) is 15.9. The third kappa shape index (κ3) is 14.4. The number of hydrogen-bond acceptors (Lipinski definition) is 6. The number of benzene rings is 8. The normalized spacial score (nSPS) is 17.1. The van der Waals surface area contributed by atoms with Crippen molar-refractivity contribution in [1.82, 2.24) is 45.7 Å². The van der Waals surface area contributed by atoms with Crippen LogP contribution >= 0.6 is 83.2 Å². The Bertz CT molecular complexity index is 4920. The van der Waals surface area contributed by atoms with Gasteiger partial charge < -0.3 is 55.2 Å². The molecule has 4 aromatic heterocycles. The van der Waals surface area contributed by atoms with Crippen LogP contribution in [0, 0.1) is 17.5 Å². The molecule has 0 fully saturated rings. The SMILES string of the molecule is CC(C)NC(=S)N1CCc2c([nH]c3ccc(Br)cc23)C1c1cccc(Cl)c1.COCC(=O)N1CCc2c([nH]c3ccc(Br)cc23)C1c1ccc(OC)cc1.Fc1ccc(C2NCCc3c2[nH]c2ccc(Br)cc32)cc1F.Fc1cccc(C2NCCc3c2[nH]c2ccc(Cl)cc32)c1. The van der Waals surface area contributed by atoms with E-state index in [4.69, 9.17) is 44.9 Å². The third-order valence-electron chi connectivity index (χ3n) is 18.3. The van der Waals surface area contributed by atoms with Crippen molar-refractivity contribution in [3.05, 3.63) is 272 Å². The Morgan fingerprint density at radius 3 is 1.54 bits per heavy atom. The zero-order valence-electron chi connectivity index (χ0n) is 53.4. The second-order valence-electron chi connectivity index (χ2n) is 24.8. The van der Waals surface area contributed by atoms with Gasteiger partial charge in [0.1, 0.15) is 18.2 Å². The molecule has 16 rings (SSSR count). The van der Waals surface area contributed by atoms with Gasteiger partial charge in [0, 0.05) is 129 Å².